The molecule has 0 aliphatic rings. The second-order valence-corrected chi connectivity index (χ2v) is 4.03. The van der Waals surface area contributed by atoms with Gasteiger partial charge in [-0.05, 0) is 37.3 Å². The molecule has 0 heterocycles. The number of carbonyl (C=O) groups excluding carboxylic acids is 1. The molecule has 0 fully saturated rings. The van der Waals surface area contributed by atoms with Gasteiger partial charge in [-0.1, -0.05) is 18.2 Å². The van der Waals surface area contributed by atoms with Crippen LogP contribution in [0.5, 0.6) is 11.5 Å². The molecule has 98 valence electrons. The molecule has 0 spiro atoms. The molecular formula is C15H16N2O2. The predicted octanol–water partition coefficient (Wildman–Crippen LogP) is 2.81. The Balaban J connectivity index is 2.25. The molecule has 19 heavy (non-hydrogen) atoms. The van der Waals surface area contributed by atoms with Crippen molar-refractivity contribution in [3.05, 3.63) is 54.1 Å². The van der Waals surface area contributed by atoms with Gasteiger partial charge in [-0.25, -0.2) is 0 Å². The van der Waals surface area contributed by atoms with Crippen molar-refractivity contribution in [1.29, 1.82) is 0 Å². The summed E-state index contributed by atoms with van der Waals surface area (Å²) in [6.45, 7) is 2.45. The lowest BCUT2D eigenvalue weighted by atomic mass is 10.1. The first-order valence-corrected chi connectivity index (χ1v) is 6.11. The molecule has 0 bridgehead atoms. The first-order valence-electron chi connectivity index (χ1n) is 6.11. The number of nitrogens with two attached hydrogens (primary N) is 1. The minimum atomic E-state index is -0.139. The van der Waals surface area contributed by atoms with E-state index in [0.29, 0.717) is 29.3 Å². The highest BCUT2D eigenvalue weighted by molar-refractivity contribution is 5.95. The molecular weight excluding hydrogens is 240 g/mol. The Hall–Kier alpha value is -2.49. The monoisotopic (exact) mass is 256 g/mol. The minimum Gasteiger partial charge on any atom is -0.455 e. The normalized spacial score (nSPS) is 9.95. The molecule has 3 N–H and O–H groups in total. The Bertz CT molecular complexity index is 568. The summed E-state index contributed by atoms with van der Waals surface area (Å²) in [6, 6.07) is 14.3. The smallest absolute Gasteiger partial charge is 0.251 e. The zero-order valence-electron chi connectivity index (χ0n) is 10.7. The number of rotatable bonds is 4. The maximum atomic E-state index is 11.8. The highest BCUT2D eigenvalue weighted by Crippen LogP contribution is 2.28. The molecule has 2 aromatic rings. The lowest BCUT2D eigenvalue weighted by Gasteiger charge is -2.10. The van der Waals surface area contributed by atoms with Gasteiger partial charge in [0.05, 0.1) is 5.69 Å². The van der Waals surface area contributed by atoms with Crippen molar-refractivity contribution >= 4 is 11.6 Å². The third-order valence-corrected chi connectivity index (χ3v) is 2.58. The number of hydrogen-bond donors (Lipinski definition) is 2. The van der Waals surface area contributed by atoms with E-state index in [2.05, 4.69) is 5.32 Å². The number of anilines is 1. The molecule has 0 unspecified atom stereocenters. The van der Waals surface area contributed by atoms with Crippen LogP contribution in [0.2, 0.25) is 0 Å². The standard InChI is InChI=1S/C15H16N2O2/c1-2-17-15(18)11-8-9-13(16)14(10-11)19-12-6-4-3-5-7-12/h3-10H,2,16H2,1H3,(H,17,18). The van der Waals surface area contributed by atoms with Crippen LogP contribution in [-0.2, 0) is 0 Å². The largest absolute Gasteiger partial charge is 0.455 e. The molecule has 0 aliphatic heterocycles. The zero-order chi connectivity index (χ0) is 13.7. The molecule has 0 saturated carbocycles. The van der Waals surface area contributed by atoms with Crippen molar-refractivity contribution < 1.29 is 9.53 Å². The third kappa shape index (κ3) is 3.25. The topological polar surface area (TPSA) is 64.4 Å². The van der Waals surface area contributed by atoms with Gasteiger partial charge < -0.3 is 15.8 Å². The second-order valence-electron chi connectivity index (χ2n) is 4.03. The van der Waals surface area contributed by atoms with Crippen molar-refractivity contribution in [2.24, 2.45) is 0 Å². The Morgan fingerprint density at radius 2 is 1.95 bits per heavy atom. The number of benzene rings is 2. The Morgan fingerprint density at radius 3 is 2.63 bits per heavy atom. The van der Waals surface area contributed by atoms with Crippen LogP contribution in [-0.4, -0.2) is 12.5 Å². The van der Waals surface area contributed by atoms with Crippen LogP contribution in [0.1, 0.15) is 17.3 Å². The highest BCUT2D eigenvalue weighted by Gasteiger charge is 2.09. The van der Waals surface area contributed by atoms with Gasteiger partial charge in [-0.2, -0.15) is 0 Å². The van der Waals surface area contributed by atoms with E-state index in [1.807, 2.05) is 37.3 Å². The van der Waals surface area contributed by atoms with Crippen LogP contribution < -0.4 is 15.8 Å². The summed E-state index contributed by atoms with van der Waals surface area (Å²) in [4.78, 5) is 11.8. The Morgan fingerprint density at radius 1 is 1.21 bits per heavy atom. The number of para-hydroxylation sites is 1. The molecule has 0 atom stereocenters. The summed E-state index contributed by atoms with van der Waals surface area (Å²) in [5.41, 5.74) is 6.88. The van der Waals surface area contributed by atoms with E-state index in [1.165, 1.54) is 0 Å². The van der Waals surface area contributed by atoms with E-state index in [1.54, 1.807) is 18.2 Å². The lowest BCUT2D eigenvalue weighted by molar-refractivity contribution is 0.0955. The molecule has 2 rings (SSSR count). The van der Waals surface area contributed by atoms with Crippen LogP contribution in [0.3, 0.4) is 0 Å². The fraction of sp³-hybridized carbons (Fsp3) is 0.133. The van der Waals surface area contributed by atoms with Gasteiger partial charge in [0.15, 0.2) is 5.75 Å². The van der Waals surface area contributed by atoms with Gasteiger partial charge in [-0.15, -0.1) is 0 Å². The maximum Gasteiger partial charge on any atom is 0.251 e. The van der Waals surface area contributed by atoms with Crippen LogP contribution >= 0.6 is 0 Å². The van der Waals surface area contributed by atoms with E-state index >= 15 is 0 Å². The van der Waals surface area contributed by atoms with Crippen LogP contribution in [0.15, 0.2) is 48.5 Å². The van der Waals surface area contributed by atoms with E-state index in [9.17, 15) is 4.79 Å². The average Bonchev–Trinajstić information content (AvgIpc) is 2.42. The quantitative estimate of drug-likeness (QED) is 0.827. The van der Waals surface area contributed by atoms with Gasteiger partial charge in [0.2, 0.25) is 0 Å². The first kappa shape index (κ1) is 13.0. The minimum absolute atomic E-state index is 0.139. The van der Waals surface area contributed by atoms with Crippen molar-refractivity contribution in [3.8, 4) is 11.5 Å². The fourth-order valence-corrected chi connectivity index (χ4v) is 1.64. The summed E-state index contributed by atoms with van der Waals surface area (Å²) in [7, 11) is 0. The van der Waals surface area contributed by atoms with Crippen molar-refractivity contribution in [3.63, 3.8) is 0 Å². The maximum absolute atomic E-state index is 11.8. The van der Waals surface area contributed by atoms with E-state index in [4.69, 9.17) is 10.5 Å². The highest BCUT2D eigenvalue weighted by atomic mass is 16.5. The van der Waals surface area contributed by atoms with Crippen molar-refractivity contribution in [1.82, 2.24) is 5.32 Å². The number of nitrogens with one attached hydrogen (secondary N) is 1. The molecule has 0 aromatic heterocycles. The molecule has 0 radical (unpaired) electrons. The van der Waals surface area contributed by atoms with Crippen LogP contribution in [0.4, 0.5) is 5.69 Å². The van der Waals surface area contributed by atoms with Gasteiger partial charge in [0, 0.05) is 12.1 Å². The number of amides is 1. The second kappa shape index (κ2) is 5.91. The Kier molecular flexibility index (Phi) is 4.03. The van der Waals surface area contributed by atoms with Gasteiger partial charge >= 0.3 is 0 Å². The molecule has 0 aliphatic carbocycles. The zero-order valence-corrected chi connectivity index (χ0v) is 10.7. The molecule has 4 nitrogen and oxygen atoms in total. The van der Waals surface area contributed by atoms with E-state index < -0.39 is 0 Å². The predicted molar refractivity (Wildman–Crippen MR) is 75.4 cm³/mol. The SMILES string of the molecule is CCNC(=O)c1ccc(N)c(Oc2ccccc2)c1. The summed E-state index contributed by atoms with van der Waals surface area (Å²) in [5, 5.41) is 2.74. The third-order valence-electron chi connectivity index (χ3n) is 2.58. The first-order chi connectivity index (χ1) is 9.20. The number of ether oxygens (including phenoxy) is 1. The van der Waals surface area contributed by atoms with Gasteiger partial charge in [-0.3, -0.25) is 4.79 Å². The summed E-state index contributed by atoms with van der Waals surface area (Å²) in [6.07, 6.45) is 0. The number of nitrogen functional groups attached to an aromatic ring is 1. The molecule has 0 saturated heterocycles. The number of carbonyl (C=O) groups is 1. The summed E-state index contributed by atoms with van der Waals surface area (Å²) < 4.78 is 5.67. The summed E-state index contributed by atoms with van der Waals surface area (Å²) in [5.74, 6) is 1.03. The van der Waals surface area contributed by atoms with Crippen molar-refractivity contribution in [2.75, 3.05) is 12.3 Å². The fourth-order valence-electron chi connectivity index (χ4n) is 1.64. The Labute approximate surface area is 112 Å². The lowest BCUT2D eigenvalue weighted by Crippen LogP contribution is -2.22. The molecule has 1 amide bonds. The summed E-state index contributed by atoms with van der Waals surface area (Å²) >= 11 is 0. The van der Waals surface area contributed by atoms with Gasteiger partial charge in [0.25, 0.3) is 5.91 Å². The van der Waals surface area contributed by atoms with Crippen LogP contribution in [0, 0.1) is 0 Å². The van der Waals surface area contributed by atoms with Crippen LogP contribution in [0.25, 0.3) is 0 Å². The van der Waals surface area contributed by atoms with Gasteiger partial charge in [0.1, 0.15) is 5.75 Å². The average molecular weight is 256 g/mol. The van der Waals surface area contributed by atoms with E-state index in [0.717, 1.165) is 0 Å². The van der Waals surface area contributed by atoms with Crippen molar-refractivity contribution in [2.45, 2.75) is 6.92 Å². The molecule has 4 heteroatoms. The van der Waals surface area contributed by atoms with E-state index in [-0.39, 0.29) is 5.91 Å². The number of hydrogen-bond acceptors (Lipinski definition) is 3. The molecule has 2 aromatic carbocycles.